The lowest BCUT2D eigenvalue weighted by Crippen LogP contribution is -2.42. The van der Waals surface area contributed by atoms with Gasteiger partial charge in [0, 0.05) is 70.0 Å². The number of pyridine rings is 1. The predicted molar refractivity (Wildman–Crippen MR) is 121 cm³/mol. The first kappa shape index (κ1) is 21.6. The van der Waals surface area contributed by atoms with Crippen LogP contribution in [0.4, 0.5) is 21.6 Å². The maximum absolute atomic E-state index is 13.6. The Morgan fingerprint density at radius 3 is 2.93 bits per heavy atom. The molecule has 1 aromatic heterocycles. The number of piperidine rings is 1. The molecule has 3 rings (SSSR count). The van der Waals surface area contributed by atoms with Crippen molar-refractivity contribution in [1.82, 2.24) is 9.88 Å². The number of likely N-dealkylation sites (N-methyl/N-ethyl adjacent to an activating group) is 2. The lowest BCUT2D eigenvalue weighted by Gasteiger charge is -2.35. The highest BCUT2D eigenvalue weighted by molar-refractivity contribution is 5.86. The van der Waals surface area contributed by atoms with Crippen LogP contribution in [0.3, 0.4) is 0 Å². The van der Waals surface area contributed by atoms with Crippen molar-refractivity contribution in [1.29, 1.82) is 0 Å². The molecule has 1 amide bonds. The van der Waals surface area contributed by atoms with Crippen LogP contribution in [0.15, 0.2) is 55.3 Å². The van der Waals surface area contributed by atoms with Gasteiger partial charge in [0.1, 0.15) is 11.6 Å². The van der Waals surface area contributed by atoms with Gasteiger partial charge in [-0.15, -0.1) is 0 Å². The zero-order valence-electron chi connectivity index (χ0n) is 17.7. The normalized spacial score (nSPS) is 16.1. The van der Waals surface area contributed by atoms with E-state index >= 15 is 0 Å². The topological polar surface area (TPSA) is 51.7 Å². The SMILES string of the molecule is C=CC(=O)N(C)CCN(C)c1ccnc(N[C@@H]2CCCN(c3cccc(F)c3)C2)c1. The van der Waals surface area contributed by atoms with Crippen molar-refractivity contribution >= 4 is 23.1 Å². The minimum absolute atomic E-state index is 0.0827. The summed E-state index contributed by atoms with van der Waals surface area (Å²) < 4.78 is 13.6. The number of halogens is 1. The third-order valence-electron chi connectivity index (χ3n) is 5.45. The summed E-state index contributed by atoms with van der Waals surface area (Å²) in [5.74, 6) is 0.530. The van der Waals surface area contributed by atoms with E-state index in [4.69, 9.17) is 0 Å². The third-order valence-corrected chi connectivity index (χ3v) is 5.45. The van der Waals surface area contributed by atoms with Crippen LogP contribution in [0.5, 0.6) is 0 Å². The molecule has 0 radical (unpaired) electrons. The third kappa shape index (κ3) is 5.72. The van der Waals surface area contributed by atoms with Gasteiger partial charge in [0.2, 0.25) is 5.91 Å². The Hall–Kier alpha value is -3.09. The Bertz CT molecular complexity index is 874. The average molecular weight is 412 g/mol. The first-order valence-electron chi connectivity index (χ1n) is 10.3. The highest BCUT2D eigenvalue weighted by Gasteiger charge is 2.21. The molecule has 1 fully saturated rings. The van der Waals surface area contributed by atoms with Crippen LogP contribution in [0.25, 0.3) is 0 Å². The Labute approximate surface area is 178 Å². The number of aromatic nitrogens is 1. The van der Waals surface area contributed by atoms with E-state index in [0.717, 1.165) is 43.1 Å². The number of nitrogens with one attached hydrogen (secondary N) is 1. The summed E-state index contributed by atoms with van der Waals surface area (Å²) >= 11 is 0. The molecule has 160 valence electrons. The molecular weight excluding hydrogens is 381 g/mol. The van der Waals surface area contributed by atoms with Gasteiger partial charge in [-0.1, -0.05) is 12.6 Å². The van der Waals surface area contributed by atoms with Gasteiger partial charge in [-0.05, 0) is 43.2 Å². The number of amides is 1. The molecular formula is C23H30FN5O. The zero-order chi connectivity index (χ0) is 21.5. The van der Waals surface area contributed by atoms with Crippen molar-refractivity contribution < 1.29 is 9.18 Å². The van der Waals surface area contributed by atoms with Crippen LogP contribution in [0.2, 0.25) is 0 Å². The number of anilines is 3. The standard InChI is InChI=1S/C23H30FN5O/c1-4-23(30)28(3)14-13-27(2)20-10-11-25-22(16-20)26-19-8-6-12-29(17-19)21-9-5-7-18(24)15-21/h4-5,7,9-11,15-16,19H,1,6,8,12-14,17H2,2-3H3,(H,25,26)/t19-/m1/s1. The molecule has 1 aliphatic rings. The van der Waals surface area contributed by atoms with Crippen molar-refractivity contribution in [3.63, 3.8) is 0 Å². The predicted octanol–water partition coefficient (Wildman–Crippen LogP) is 3.38. The van der Waals surface area contributed by atoms with E-state index in [0.29, 0.717) is 13.1 Å². The maximum atomic E-state index is 13.6. The summed E-state index contributed by atoms with van der Waals surface area (Å²) in [6.07, 6.45) is 5.20. The maximum Gasteiger partial charge on any atom is 0.245 e. The summed E-state index contributed by atoms with van der Waals surface area (Å²) in [6, 6.07) is 11.0. The molecule has 30 heavy (non-hydrogen) atoms. The number of benzene rings is 1. The Kier molecular flexibility index (Phi) is 7.27. The summed E-state index contributed by atoms with van der Waals surface area (Å²) in [4.78, 5) is 22.1. The quantitative estimate of drug-likeness (QED) is 0.675. The first-order chi connectivity index (χ1) is 14.5. The van der Waals surface area contributed by atoms with Crippen LogP contribution in [0, 0.1) is 5.82 Å². The molecule has 1 atom stereocenters. The van der Waals surface area contributed by atoms with E-state index < -0.39 is 0 Å². The van der Waals surface area contributed by atoms with E-state index in [-0.39, 0.29) is 17.8 Å². The van der Waals surface area contributed by atoms with Crippen molar-refractivity contribution in [3.05, 3.63) is 61.1 Å². The minimum atomic E-state index is -0.208. The molecule has 0 saturated carbocycles. The average Bonchev–Trinajstić information content (AvgIpc) is 2.77. The van der Waals surface area contributed by atoms with Crippen molar-refractivity contribution in [3.8, 4) is 0 Å². The van der Waals surface area contributed by atoms with Crippen LogP contribution >= 0.6 is 0 Å². The smallest absolute Gasteiger partial charge is 0.245 e. The highest BCUT2D eigenvalue weighted by Crippen LogP contribution is 2.23. The van der Waals surface area contributed by atoms with E-state index in [9.17, 15) is 9.18 Å². The number of nitrogens with zero attached hydrogens (tertiary/aromatic N) is 4. The van der Waals surface area contributed by atoms with Crippen molar-refractivity contribution in [2.24, 2.45) is 0 Å². The number of hydrogen-bond acceptors (Lipinski definition) is 5. The van der Waals surface area contributed by atoms with E-state index in [1.54, 1.807) is 30.3 Å². The van der Waals surface area contributed by atoms with E-state index in [1.807, 2.05) is 25.2 Å². The Morgan fingerprint density at radius 2 is 2.17 bits per heavy atom. The molecule has 2 aromatic rings. The molecule has 1 aliphatic heterocycles. The zero-order valence-corrected chi connectivity index (χ0v) is 17.7. The summed E-state index contributed by atoms with van der Waals surface area (Å²) in [7, 11) is 3.77. The van der Waals surface area contributed by atoms with Gasteiger partial charge in [-0.25, -0.2) is 9.37 Å². The number of hydrogen-bond donors (Lipinski definition) is 1. The van der Waals surface area contributed by atoms with Crippen LogP contribution in [-0.2, 0) is 4.79 Å². The van der Waals surface area contributed by atoms with Gasteiger partial charge >= 0.3 is 0 Å². The minimum Gasteiger partial charge on any atom is -0.373 e. The fourth-order valence-corrected chi connectivity index (χ4v) is 3.64. The lowest BCUT2D eigenvalue weighted by molar-refractivity contribution is -0.124. The fourth-order valence-electron chi connectivity index (χ4n) is 3.64. The highest BCUT2D eigenvalue weighted by atomic mass is 19.1. The molecule has 1 aromatic carbocycles. The van der Waals surface area contributed by atoms with Crippen LogP contribution in [-0.4, -0.2) is 62.1 Å². The van der Waals surface area contributed by atoms with Gasteiger partial charge in [0.25, 0.3) is 0 Å². The first-order valence-corrected chi connectivity index (χ1v) is 10.3. The molecule has 0 unspecified atom stereocenters. The Morgan fingerprint density at radius 1 is 1.33 bits per heavy atom. The van der Waals surface area contributed by atoms with Crippen LogP contribution < -0.4 is 15.1 Å². The van der Waals surface area contributed by atoms with Gasteiger partial charge in [0.15, 0.2) is 0 Å². The molecule has 7 heteroatoms. The molecule has 1 N–H and O–H groups in total. The number of carbonyl (C=O) groups excluding carboxylic acids is 1. The monoisotopic (exact) mass is 411 g/mol. The summed E-state index contributed by atoms with van der Waals surface area (Å²) in [6.45, 7) is 6.56. The number of carbonyl (C=O) groups is 1. The largest absolute Gasteiger partial charge is 0.373 e. The van der Waals surface area contributed by atoms with Gasteiger partial charge < -0.3 is 20.0 Å². The second-order valence-electron chi connectivity index (χ2n) is 7.69. The van der Waals surface area contributed by atoms with E-state index in [1.165, 1.54) is 12.1 Å². The van der Waals surface area contributed by atoms with Gasteiger partial charge in [0.05, 0.1) is 0 Å². The summed E-state index contributed by atoms with van der Waals surface area (Å²) in [5.41, 5.74) is 1.95. The number of rotatable bonds is 8. The van der Waals surface area contributed by atoms with Gasteiger partial charge in [-0.3, -0.25) is 4.79 Å². The fraction of sp³-hybridized carbons (Fsp3) is 0.391. The molecule has 1 saturated heterocycles. The Balaban J connectivity index is 1.59. The second-order valence-corrected chi connectivity index (χ2v) is 7.69. The van der Waals surface area contributed by atoms with Crippen molar-refractivity contribution in [2.45, 2.75) is 18.9 Å². The molecule has 0 bridgehead atoms. The molecule has 2 heterocycles. The van der Waals surface area contributed by atoms with Gasteiger partial charge in [-0.2, -0.15) is 0 Å². The van der Waals surface area contributed by atoms with E-state index in [2.05, 4.69) is 26.7 Å². The molecule has 0 spiro atoms. The molecule has 6 nitrogen and oxygen atoms in total. The van der Waals surface area contributed by atoms with Crippen molar-refractivity contribution in [2.75, 3.05) is 55.4 Å². The second kappa shape index (κ2) is 10.1. The summed E-state index contributed by atoms with van der Waals surface area (Å²) in [5, 5.41) is 3.53. The lowest BCUT2D eigenvalue weighted by atomic mass is 10.0. The molecule has 0 aliphatic carbocycles. The van der Waals surface area contributed by atoms with Crippen LogP contribution in [0.1, 0.15) is 12.8 Å².